The summed E-state index contributed by atoms with van der Waals surface area (Å²) >= 11 is 1.65. The second-order valence-corrected chi connectivity index (χ2v) is 11.2. The van der Waals surface area contributed by atoms with Gasteiger partial charge in [0.2, 0.25) is 0 Å². The Hall–Kier alpha value is -3.18. The standard InChI is InChI=1S/C34H41NO3S/c1-2-3-4-5-6-7-8-9-10-11-12-15-26-37-29-22-20-28(21-23-29)34(36)38-30-24-18-27(19-25-30)33-35-31-16-13-14-17-32(31)39-33/h13-14,16-25H,2-12,15,26H2,1H3. The maximum absolute atomic E-state index is 12.6. The molecule has 4 aromatic rings. The second-order valence-electron chi connectivity index (χ2n) is 10.2. The highest BCUT2D eigenvalue weighted by atomic mass is 32.1. The number of benzene rings is 3. The zero-order valence-corrected chi connectivity index (χ0v) is 24.0. The molecule has 3 aromatic carbocycles. The number of unbranched alkanes of at least 4 members (excludes halogenated alkanes) is 11. The Kier molecular flexibility index (Phi) is 11.9. The molecule has 5 heteroatoms. The number of hydrogen-bond acceptors (Lipinski definition) is 5. The van der Waals surface area contributed by atoms with Gasteiger partial charge < -0.3 is 9.47 Å². The number of carbonyl (C=O) groups excluding carboxylic acids is 1. The summed E-state index contributed by atoms with van der Waals surface area (Å²) in [5, 5.41) is 0.952. The fourth-order valence-electron chi connectivity index (χ4n) is 4.65. The van der Waals surface area contributed by atoms with E-state index >= 15 is 0 Å². The van der Waals surface area contributed by atoms with Crippen LogP contribution in [0.25, 0.3) is 20.8 Å². The van der Waals surface area contributed by atoms with Crippen LogP contribution >= 0.6 is 11.3 Å². The summed E-state index contributed by atoms with van der Waals surface area (Å²) in [4.78, 5) is 17.3. The van der Waals surface area contributed by atoms with Crippen LogP contribution in [0.5, 0.6) is 11.5 Å². The number of para-hydroxylation sites is 1. The molecule has 0 unspecified atom stereocenters. The first kappa shape index (κ1) is 28.8. The van der Waals surface area contributed by atoms with E-state index in [-0.39, 0.29) is 5.97 Å². The Morgan fingerprint density at radius 2 is 1.28 bits per heavy atom. The first-order valence-electron chi connectivity index (χ1n) is 14.6. The molecule has 1 heterocycles. The lowest BCUT2D eigenvalue weighted by Gasteiger charge is -2.08. The molecule has 0 atom stereocenters. The van der Waals surface area contributed by atoms with E-state index in [2.05, 4.69) is 18.0 Å². The topological polar surface area (TPSA) is 48.4 Å². The van der Waals surface area contributed by atoms with Crippen LogP contribution in [0.3, 0.4) is 0 Å². The van der Waals surface area contributed by atoms with Gasteiger partial charge in [0.25, 0.3) is 0 Å². The number of fused-ring (bicyclic) bond motifs is 1. The molecular weight excluding hydrogens is 502 g/mol. The van der Waals surface area contributed by atoms with E-state index in [0.29, 0.717) is 17.9 Å². The molecule has 1 aromatic heterocycles. The van der Waals surface area contributed by atoms with Crippen LogP contribution in [0.15, 0.2) is 72.8 Å². The molecule has 0 aliphatic heterocycles. The van der Waals surface area contributed by atoms with Crippen LogP contribution in [0.4, 0.5) is 0 Å². The fraction of sp³-hybridized carbons (Fsp3) is 0.412. The highest BCUT2D eigenvalue weighted by molar-refractivity contribution is 7.21. The van der Waals surface area contributed by atoms with Crippen LogP contribution in [0.2, 0.25) is 0 Å². The molecule has 0 amide bonds. The van der Waals surface area contributed by atoms with E-state index in [4.69, 9.17) is 9.47 Å². The lowest BCUT2D eigenvalue weighted by molar-refractivity contribution is 0.0734. The van der Waals surface area contributed by atoms with Crippen molar-refractivity contribution in [3.63, 3.8) is 0 Å². The number of aromatic nitrogens is 1. The van der Waals surface area contributed by atoms with Crippen LogP contribution < -0.4 is 9.47 Å². The average Bonchev–Trinajstić information content (AvgIpc) is 3.41. The van der Waals surface area contributed by atoms with Crippen LogP contribution in [-0.4, -0.2) is 17.6 Å². The summed E-state index contributed by atoms with van der Waals surface area (Å²) in [6.45, 7) is 2.98. The maximum atomic E-state index is 12.6. The number of esters is 1. The Morgan fingerprint density at radius 3 is 1.92 bits per heavy atom. The smallest absolute Gasteiger partial charge is 0.343 e. The molecule has 0 fully saturated rings. The lowest BCUT2D eigenvalue weighted by atomic mass is 10.1. The van der Waals surface area contributed by atoms with E-state index in [0.717, 1.165) is 33.0 Å². The van der Waals surface area contributed by atoms with Gasteiger partial charge in [0.1, 0.15) is 16.5 Å². The molecule has 39 heavy (non-hydrogen) atoms. The molecule has 0 aliphatic carbocycles. The molecule has 206 valence electrons. The monoisotopic (exact) mass is 543 g/mol. The van der Waals surface area contributed by atoms with Gasteiger partial charge in [-0.05, 0) is 67.1 Å². The molecule has 0 N–H and O–H groups in total. The third-order valence-corrected chi connectivity index (χ3v) is 8.05. The highest BCUT2D eigenvalue weighted by Crippen LogP contribution is 2.31. The van der Waals surface area contributed by atoms with Crippen molar-refractivity contribution >= 4 is 27.5 Å². The number of carbonyl (C=O) groups is 1. The van der Waals surface area contributed by atoms with E-state index in [1.807, 2.05) is 54.6 Å². The lowest BCUT2D eigenvalue weighted by Crippen LogP contribution is -2.08. The third-order valence-electron chi connectivity index (χ3n) is 6.96. The van der Waals surface area contributed by atoms with E-state index in [1.54, 1.807) is 23.5 Å². The largest absolute Gasteiger partial charge is 0.494 e. The number of thiazole rings is 1. The van der Waals surface area contributed by atoms with Crippen molar-refractivity contribution in [2.75, 3.05) is 6.61 Å². The van der Waals surface area contributed by atoms with Gasteiger partial charge in [0, 0.05) is 5.56 Å². The van der Waals surface area contributed by atoms with Gasteiger partial charge >= 0.3 is 5.97 Å². The minimum absolute atomic E-state index is 0.379. The van der Waals surface area contributed by atoms with Gasteiger partial charge in [0.15, 0.2) is 0 Å². The summed E-state index contributed by atoms with van der Waals surface area (Å²) in [5.74, 6) is 0.919. The summed E-state index contributed by atoms with van der Waals surface area (Å²) in [5.41, 5.74) is 2.50. The van der Waals surface area contributed by atoms with Crippen molar-refractivity contribution in [1.82, 2.24) is 4.98 Å². The first-order valence-corrected chi connectivity index (χ1v) is 15.5. The Balaban J connectivity index is 1.10. The normalized spacial score (nSPS) is 11.1. The zero-order valence-electron chi connectivity index (χ0n) is 23.2. The SMILES string of the molecule is CCCCCCCCCCCCCCOc1ccc(C(=O)Oc2ccc(-c3nc4ccccc4s3)cc2)cc1. The van der Waals surface area contributed by atoms with E-state index in [1.165, 1.54) is 70.6 Å². The minimum Gasteiger partial charge on any atom is -0.494 e. The van der Waals surface area contributed by atoms with Gasteiger partial charge in [-0.2, -0.15) is 0 Å². The zero-order chi connectivity index (χ0) is 27.1. The predicted octanol–water partition coefficient (Wildman–Crippen LogP) is 10.3. The third kappa shape index (κ3) is 9.50. The Bertz CT molecular complexity index is 1230. The molecule has 0 bridgehead atoms. The molecule has 4 rings (SSSR count). The van der Waals surface area contributed by atoms with Crippen molar-refractivity contribution in [2.45, 2.75) is 84.0 Å². The number of ether oxygens (including phenoxy) is 2. The van der Waals surface area contributed by atoms with Crippen molar-refractivity contribution in [2.24, 2.45) is 0 Å². The molecule has 4 nitrogen and oxygen atoms in total. The van der Waals surface area contributed by atoms with Crippen molar-refractivity contribution in [3.05, 3.63) is 78.4 Å². The summed E-state index contributed by atoms with van der Waals surface area (Å²) < 4.78 is 12.6. The second kappa shape index (κ2) is 16.0. The Labute approximate surface area is 237 Å². The summed E-state index contributed by atoms with van der Waals surface area (Å²) in [6.07, 6.45) is 16.0. The number of hydrogen-bond donors (Lipinski definition) is 0. The summed E-state index contributed by atoms with van der Waals surface area (Å²) in [6, 6.07) is 22.8. The fourth-order valence-corrected chi connectivity index (χ4v) is 5.62. The van der Waals surface area contributed by atoms with Gasteiger partial charge in [0.05, 0.1) is 22.4 Å². The minimum atomic E-state index is -0.379. The van der Waals surface area contributed by atoms with Crippen molar-refractivity contribution < 1.29 is 14.3 Å². The molecule has 0 aliphatic rings. The van der Waals surface area contributed by atoms with Crippen LogP contribution in [0, 0.1) is 0 Å². The molecular formula is C34H41NO3S. The predicted molar refractivity (Wildman–Crippen MR) is 163 cm³/mol. The Morgan fingerprint density at radius 1 is 0.692 bits per heavy atom. The highest BCUT2D eigenvalue weighted by Gasteiger charge is 2.10. The van der Waals surface area contributed by atoms with Gasteiger partial charge in [-0.1, -0.05) is 89.7 Å². The first-order chi connectivity index (χ1) is 19.2. The van der Waals surface area contributed by atoms with Crippen molar-refractivity contribution in [3.8, 4) is 22.1 Å². The quantitative estimate of drug-likeness (QED) is 0.0755. The molecule has 0 saturated carbocycles. The van der Waals surface area contributed by atoms with Gasteiger partial charge in [-0.15, -0.1) is 11.3 Å². The van der Waals surface area contributed by atoms with Gasteiger partial charge in [-0.25, -0.2) is 9.78 Å². The summed E-state index contributed by atoms with van der Waals surface area (Å²) in [7, 11) is 0. The maximum Gasteiger partial charge on any atom is 0.343 e. The van der Waals surface area contributed by atoms with E-state index < -0.39 is 0 Å². The van der Waals surface area contributed by atoms with Crippen LogP contribution in [0.1, 0.15) is 94.3 Å². The van der Waals surface area contributed by atoms with Crippen LogP contribution in [-0.2, 0) is 0 Å². The molecule has 0 spiro atoms. The van der Waals surface area contributed by atoms with E-state index in [9.17, 15) is 4.79 Å². The molecule has 0 saturated heterocycles. The average molecular weight is 544 g/mol. The van der Waals surface area contributed by atoms with Gasteiger partial charge in [-0.3, -0.25) is 0 Å². The number of rotatable bonds is 17. The molecule has 0 radical (unpaired) electrons. The number of nitrogens with zero attached hydrogens (tertiary/aromatic N) is 1. The van der Waals surface area contributed by atoms with Crippen molar-refractivity contribution in [1.29, 1.82) is 0 Å².